The zero-order valence-corrected chi connectivity index (χ0v) is 12.6. The fourth-order valence-electron chi connectivity index (χ4n) is 2.98. The Morgan fingerprint density at radius 3 is 2.45 bits per heavy atom. The molecule has 1 saturated carbocycles. The SMILES string of the molecule is O=C(c1cncc(O)c1)N1CCCN(C(=O)C2CCC2)CC1. The van der Waals surface area contributed by atoms with E-state index in [2.05, 4.69) is 4.98 Å². The molecule has 2 aliphatic rings. The maximum atomic E-state index is 12.5. The molecule has 1 aliphatic heterocycles. The lowest BCUT2D eigenvalue weighted by Crippen LogP contribution is -2.41. The van der Waals surface area contributed by atoms with Crippen LogP contribution in [0.25, 0.3) is 0 Å². The summed E-state index contributed by atoms with van der Waals surface area (Å²) < 4.78 is 0. The van der Waals surface area contributed by atoms with Gasteiger partial charge in [-0.3, -0.25) is 14.6 Å². The van der Waals surface area contributed by atoms with E-state index >= 15 is 0 Å². The molecule has 2 fully saturated rings. The van der Waals surface area contributed by atoms with Crippen molar-refractivity contribution in [3.05, 3.63) is 24.0 Å². The van der Waals surface area contributed by atoms with E-state index in [1.54, 1.807) is 4.90 Å². The van der Waals surface area contributed by atoms with Crippen LogP contribution in [0.5, 0.6) is 5.75 Å². The van der Waals surface area contributed by atoms with E-state index in [1.165, 1.54) is 18.5 Å². The summed E-state index contributed by atoms with van der Waals surface area (Å²) in [5.74, 6) is 0.306. The van der Waals surface area contributed by atoms with Crippen molar-refractivity contribution >= 4 is 11.8 Å². The van der Waals surface area contributed by atoms with E-state index in [1.807, 2.05) is 4.90 Å². The predicted molar refractivity (Wildman–Crippen MR) is 80.3 cm³/mol. The van der Waals surface area contributed by atoms with Gasteiger partial charge in [0.25, 0.3) is 5.91 Å². The van der Waals surface area contributed by atoms with Gasteiger partial charge in [0.2, 0.25) is 5.91 Å². The quantitative estimate of drug-likeness (QED) is 0.892. The summed E-state index contributed by atoms with van der Waals surface area (Å²) in [6.07, 6.45) is 6.72. The number of aromatic hydroxyl groups is 1. The summed E-state index contributed by atoms with van der Waals surface area (Å²) in [5, 5.41) is 9.44. The maximum Gasteiger partial charge on any atom is 0.255 e. The highest BCUT2D eigenvalue weighted by Gasteiger charge is 2.31. The van der Waals surface area contributed by atoms with Crippen molar-refractivity contribution in [3.63, 3.8) is 0 Å². The normalized spacial score (nSPS) is 19.5. The van der Waals surface area contributed by atoms with Gasteiger partial charge >= 0.3 is 0 Å². The molecule has 0 atom stereocenters. The molecule has 6 nitrogen and oxygen atoms in total. The lowest BCUT2D eigenvalue weighted by Gasteiger charge is -2.31. The van der Waals surface area contributed by atoms with E-state index in [-0.39, 0.29) is 23.5 Å². The summed E-state index contributed by atoms with van der Waals surface area (Å²) in [6.45, 7) is 2.47. The molecule has 2 amide bonds. The summed E-state index contributed by atoms with van der Waals surface area (Å²) in [4.78, 5) is 32.2. The van der Waals surface area contributed by atoms with Crippen LogP contribution >= 0.6 is 0 Å². The number of hydrogen-bond acceptors (Lipinski definition) is 4. The summed E-state index contributed by atoms with van der Waals surface area (Å²) >= 11 is 0. The summed E-state index contributed by atoms with van der Waals surface area (Å²) in [6, 6.07) is 1.43. The van der Waals surface area contributed by atoms with Gasteiger partial charge in [-0.1, -0.05) is 6.42 Å². The molecule has 0 bridgehead atoms. The second-order valence-electron chi connectivity index (χ2n) is 6.03. The molecule has 1 aliphatic carbocycles. The van der Waals surface area contributed by atoms with Gasteiger partial charge < -0.3 is 14.9 Å². The molecule has 0 unspecified atom stereocenters. The van der Waals surface area contributed by atoms with Crippen molar-refractivity contribution in [1.82, 2.24) is 14.8 Å². The largest absolute Gasteiger partial charge is 0.506 e. The highest BCUT2D eigenvalue weighted by molar-refractivity contribution is 5.94. The van der Waals surface area contributed by atoms with E-state index in [4.69, 9.17) is 0 Å². The van der Waals surface area contributed by atoms with Crippen LogP contribution in [0.15, 0.2) is 18.5 Å². The molecule has 1 saturated heterocycles. The lowest BCUT2D eigenvalue weighted by atomic mass is 9.84. The highest BCUT2D eigenvalue weighted by Crippen LogP contribution is 2.28. The van der Waals surface area contributed by atoms with Gasteiger partial charge in [0.1, 0.15) is 5.75 Å². The molecule has 6 heteroatoms. The number of nitrogens with zero attached hydrogens (tertiary/aromatic N) is 3. The number of amides is 2. The molecule has 118 valence electrons. The first-order chi connectivity index (χ1) is 10.6. The van der Waals surface area contributed by atoms with Gasteiger partial charge in [-0.25, -0.2) is 0 Å². The minimum absolute atomic E-state index is 0.0116. The topological polar surface area (TPSA) is 73.7 Å². The second kappa shape index (κ2) is 6.34. The molecule has 1 aromatic rings. The molecule has 2 heterocycles. The lowest BCUT2D eigenvalue weighted by molar-refractivity contribution is -0.138. The van der Waals surface area contributed by atoms with Crippen molar-refractivity contribution < 1.29 is 14.7 Å². The van der Waals surface area contributed by atoms with Gasteiger partial charge in [-0.15, -0.1) is 0 Å². The Kier molecular flexibility index (Phi) is 4.27. The predicted octanol–water partition coefficient (Wildman–Crippen LogP) is 1.26. The van der Waals surface area contributed by atoms with Crippen LogP contribution in [0, 0.1) is 5.92 Å². The fraction of sp³-hybridized carbons (Fsp3) is 0.562. The smallest absolute Gasteiger partial charge is 0.255 e. The molecule has 1 N–H and O–H groups in total. The zero-order chi connectivity index (χ0) is 15.5. The van der Waals surface area contributed by atoms with Crippen LogP contribution in [-0.4, -0.2) is 57.9 Å². The maximum absolute atomic E-state index is 12.5. The molecular weight excluding hydrogens is 282 g/mol. The van der Waals surface area contributed by atoms with E-state index < -0.39 is 0 Å². The molecule has 0 radical (unpaired) electrons. The molecule has 1 aromatic heterocycles. The van der Waals surface area contributed by atoms with Crippen LogP contribution in [0.1, 0.15) is 36.0 Å². The number of aromatic nitrogens is 1. The van der Waals surface area contributed by atoms with Crippen molar-refractivity contribution in [3.8, 4) is 5.75 Å². The van der Waals surface area contributed by atoms with Crippen LogP contribution < -0.4 is 0 Å². The third kappa shape index (κ3) is 3.05. The Hall–Kier alpha value is -2.11. The van der Waals surface area contributed by atoms with Crippen molar-refractivity contribution in [2.45, 2.75) is 25.7 Å². The van der Waals surface area contributed by atoms with E-state index in [9.17, 15) is 14.7 Å². The Morgan fingerprint density at radius 1 is 1.05 bits per heavy atom. The second-order valence-corrected chi connectivity index (χ2v) is 6.03. The molecule has 0 spiro atoms. The van der Waals surface area contributed by atoms with Crippen LogP contribution in [0.4, 0.5) is 0 Å². The monoisotopic (exact) mass is 303 g/mol. The third-order valence-electron chi connectivity index (χ3n) is 4.52. The van der Waals surface area contributed by atoms with Gasteiger partial charge in [0.15, 0.2) is 0 Å². The third-order valence-corrected chi connectivity index (χ3v) is 4.52. The van der Waals surface area contributed by atoms with Gasteiger partial charge in [0, 0.05) is 38.3 Å². The first-order valence-electron chi connectivity index (χ1n) is 7.87. The van der Waals surface area contributed by atoms with Gasteiger partial charge in [-0.05, 0) is 25.3 Å². The van der Waals surface area contributed by atoms with E-state index in [0.717, 1.165) is 32.2 Å². The van der Waals surface area contributed by atoms with Crippen molar-refractivity contribution in [1.29, 1.82) is 0 Å². The van der Waals surface area contributed by atoms with Crippen molar-refractivity contribution in [2.24, 2.45) is 5.92 Å². The van der Waals surface area contributed by atoms with Gasteiger partial charge in [-0.2, -0.15) is 0 Å². The van der Waals surface area contributed by atoms with E-state index in [0.29, 0.717) is 25.2 Å². The Morgan fingerprint density at radius 2 is 1.77 bits per heavy atom. The molecule has 0 aromatic carbocycles. The fourth-order valence-corrected chi connectivity index (χ4v) is 2.98. The number of hydrogen-bond donors (Lipinski definition) is 1. The molecule has 3 rings (SSSR count). The standard InChI is InChI=1S/C16H21N3O3/c20-14-9-13(10-17-11-14)16(22)19-6-2-5-18(7-8-19)15(21)12-3-1-4-12/h9-12,20H,1-8H2. The van der Waals surface area contributed by atoms with Crippen LogP contribution in [0.2, 0.25) is 0 Å². The highest BCUT2D eigenvalue weighted by atomic mass is 16.3. The molecule has 22 heavy (non-hydrogen) atoms. The minimum atomic E-state index is -0.138. The van der Waals surface area contributed by atoms with Crippen LogP contribution in [-0.2, 0) is 4.79 Å². The number of pyridine rings is 1. The average molecular weight is 303 g/mol. The first-order valence-corrected chi connectivity index (χ1v) is 7.87. The van der Waals surface area contributed by atoms with Crippen LogP contribution in [0.3, 0.4) is 0 Å². The average Bonchev–Trinajstić information content (AvgIpc) is 2.70. The Labute approximate surface area is 129 Å². The Balaban J connectivity index is 1.62. The number of carbonyl (C=O) groups is 2. The summed E-state index contributed by atoms with van der Waals surface area (Å²) in [5.41, 5.74) is 0.388. The summed E-state index contributed by atoms with van der Waals surface area (Å²) in [7, 11) is 0. The minimum Gasteiger partial charge on any atom is -0.506 e. The first kappa shape index (κ1) is 14.8. The molecular formula is C16H21N3O3. The number of carbonyl (C=O) groups excluding carboxylic acids is 2. The number of rotatable bonds is 2. The zero-order valence-electron chi connectivity index (χ0n) is 12.6. The van der Waals surface area contributed by atoms with Gasteiger partial charge in [0.05, 0.1) is 11.8 Å². The Bertz CT molecular complexity index is 572. The van der Waals surface area contributed by atoms with Crippen molar-refractivity contribution in [2.75, 3.05) is 26.2 Å².